The van der Waals surface area contributed by atoms with Crippen LogP contribution >= 0.6 is 0 Å². The molecule has 1 aliphatic rings. The standard InChI is InChI=1S/C14H15N3/c1-10-8-15-9-14(17-10)12-6-7-16-13-5-3-2-4-11(12)13/h6-9H,2-5H2,1H3. The Labute approximate surface area is 101 Å². The maximum Gasteiger partial charge on any atom is 0.0892 e. The molecule has 3 rings (SSSR count). The molecule has 0 aliphatic heterocycles. The third-order valence-corrected chi connectivity index (χ3v) is 3.27. The van der Waals surface area contributed by atoms with Crippen molar-refractivity contribution in [3.8, 4) is 11.3 Å². The van der Waals surface area contributed by atoms with E-state index in [9.17, 15) is 0 Å². The van der Waals surface area contributed by atoms with Crippen LogP contribution in [0.25, 0.3) is 11.3 Å². The Bertz CT molecular complexity index is 549. The topological polar surface area (TPSA) is 38.7 Å². The summed E-state index contributed by atoms with van der Waals surface area (Å²) in [7, 11) is 0. The molecule has 17 heavy (non-hydrogen) atoms. The zero-order chi connectivity index (χ0) is 11.7. The Morgan fingerprint density at radius 3 is 2.88 bits per heavy atom. The van der Waals surface area contributed by atoms with Crippen LogP contribution in [0.4, 0.5) is 0 Å². The van der Waals surface area contributed by atoms with Crippen LogP contribution in [0.1, 0.15) is 29.8 Å². The minimum Gasteiger partial charge on any atom is -0.261 e. The Kier molecular flexibility index (Phi) is 2.59. The number of rotatable bonds is 1. The van der Waals surface area contributed by atoms with Gasteiger partial charge in [0, 0.05) is 23.7 Å². The van der Waals surface area contributed by atoms with E-state index in [-0.39, 0.29) is 0 Å². The quantitative estimate of drug-likeness (QED) is 0.749. The van der Waals surface area contributed by atoms with Crippen molar-refractivity contribution in [1.82, 2.24) is 15.0 Å². The first-order valence-corrected chi connectivity index (χ1v) is 6.10. The van der Waals surface area contributed by atoms with Gasteiger partial charge in [0.15, 0.2) is 0 Å². The van der Waals surface area contributed by atoms with E-state index in [2.05, 4.69) is 21.0 Å². The molecule has 0 N–H and O–H groups in total. The van der Waals surface area contributed by atoms with Crippen molar-refractivity contribution >= 4 is 0 Å². The lowest BCUT2D eigenvalue weighted by Crippen LogP contribution is -2.07. The molecule has 2 aromatic heterocycles. The molecule has 3 heteroatoms. The predicted molar refractivity (Wildman–Crippen MR) is 66.6 cm³/mol. The summed E-state index contributed by atoms with van der Waals surface area (Å²) in [4.78, 5) is 13.3. The van der Waals surface area contributed by atoms with E-state index in [1.54, 1.807) is 6.20 Å². The first-order chi connectivity index (χ1) is 8.34. The van der Waals surface area contributed by atoms with Crippen LogP contribution in [0, 0.1) is 6.92 Å². The SMILES string of the molecule is Cc1cncc(-c2ccnc3c2CCCC3)n1. The largest absolute Gasteiger partial charge is 0.261 e. The number of hydrogen-bond acceptors (Lipinski definition) is 3. The molecule has 2 aromatic rings. The van der Waals surface area contributed by atoms with Gasteiger partial charge in [-0.1, -0.05) is 0 Å². The summed E-state index contributed by atoms with van der Waals surface area (Å²) in [6.07, 6.45) is 10.3. The second-order valence-electron chi connectivity index (χ2n) is 4.54. The van der Waals surface area contributed by atoms with Gasteiger partial charge in [-0.2, -0.15) is 0 Å². The van der Waals surface area contributed by atoms with Gasteiger partial charge in [-0.05, 0) is 44.2 Å². The van der Waals surface area contributed by atoms with Gasteiger partial charge in [0.25, 0.3) is 0 Å². The van der Waals surface area contributed by atoms with Crippen LogP contribution in [0.5, 0.6) is 0 Å². The summed E-state index contributed by atoms with van der Waals surface area (Å²) in [5.41, 5.74) is 5.77. The molecule has 0 unspecified atom stereocenters. The zero-order valence-corrected chi connectivity index (χ0v) is 9.98. The molecule has 0 aromatic carbocycles. The zero-order valence-electron chi connectivity index (χ0n) is 9.98. The van der Waals surface area contributed by atoms with Gasteiger partial charge in [-0.3, -0.25) is 9.97 Å². The molecule has 0 radical (unpaired) electrons. The highest BCUT2D eigenvalue weighted by molar-refractivity contribution is 5.64. The van der Waals surface area contributed by atoms with Crippen molar-refractivity contribution in [2.45, 2.75) is 32.6 Å². The molecule has 1 aliphatic carbocycles. The maximum atomic E-state index is 4.56. The van der Waals surface area contributed by atoms with Crippen LogP contribution in [-0.2, 0) is 12.8 Å². The van der Waals surface area contributed by atoms with E-state index in [0.29, 0.717) is 0 Å². The molecule has 0 spiro atoms. The average Bonchev–Trinajstić information content (AvgIpc) is 2.38. The summed E-state index contributed by atoms with van der Waals surface area (Å²) >= 11 is 0. The normalized spacial score (nSPS) is 14.4. The second kappa shape index (κ2) is 4.24. The van der Waals surface area contributed by atoms with E-state index >= 15 is 0 Å². The third-order valence-electron chi connectivity index (χ3n) is 3.27. The van der Waals surface area contributed by atoms with E-state index in [1.807, 2.05) is 19.3 Å². The fraction of sp³-hybridized carbons (Fsp3) is 0.357. The van der Waals surface area contributed by atoms with Gasteiger partial charge < -0.3 is 0 Å². The van der Waals surface area contributed by atoms with Crippen LogP contribution in [0.15, 0.2) is 24.7 Å². The number of pyridine rings is 1. The van der Waals surface area contributed by atoms with Gasteiger partial charge in [0.1, 0.15) is 0 Å². The van der Waals surface area contributed by atoms with Crippen LogP contribution < -0.4 is 0 Å². The fourth-order valence-electron chi connectivity index (χ4n) is 2.46. The van der Waals surface area contributed by atoms with Crippen LogP contribution in [0.3, 0.4) is 0 Å². The minimum atomic E-state index is 0.962. The molecule has 3 nitrogen and oxygen atoms in total. The molecular formula is C14H15N3. The molecular weight excluding hydrogens is 210 g/mol. The number of aryl methyl sites for hydroxylation is 2. The van der Waals surface area contributed by atoms with Crippen LogP contribution in [0.2, 0.25) is 0 Å². The lowest BCUT2D eigenvalue weighted by Gasteiger charge is -2.17. The third kappa shape index (κ3) is 1.93. The predicted octanol–water partition coefficient (Wildman–Crippen LogP) is 2.73. The molecule has 0 fully saturated rings. The van der Waals surface area contributed by atoms with Crippen molar-refractivity contribution < 1.29 is 0 Å². The van der Waals surface area contributed by atoms with Crippen molar-refractivity contribution in [2.75, 3.05) is 0 Å². The number of hydrogen-bond donors (Lipinski definition) is 0. The maximum absolute atomic E-state index is 4.56. The molecule has 0 saturated carbocycles. The lowest BCUT2D eigenvalue weighted by molar-refractivity contribution is 0.669. The Hall–Kier alpha value is -1.77. The van der Waals surface area contributed by atoms with Gasteiger partial charge >= 0.3 is 0 Å². The molecule has 0 bridgehead atoms. The summed E-state index contributed by atoms with van der Waals surface area (Å²) in [5, 5.41) is 0. The first kappa shape index (κ1) is 10.4. The van der Waals surface area contributed by atoms with Gasteiger partial charge in [-0.25, -0.2) is 4.98 Å². The van der Waals surface area contributed by atoms with E-state index in [1.165, 1.54) is 29.7 Å². The van der Waals surface area contributed by atoms with E-state index in [4.69, 9.17) is 0 Å². The van der Waals surface area contributed by atoms with E-state index < -0.39 is 0 Å². The molecule has 0 amide bonds. The monoisotopic (exact) mass is 225 g/mol. The van der Waals surface area contributed by atoms with Crippen molar-refractivity contribution in [3.05, 3.63) is 41.6 Å². The van der Waals surface area contributed by atoms with Crippen molar-refractivity contribution in [1.29, 1.82) is 0 Å². The second-order valence-corrected chi connectivity index (χ2v) is 4.54. The minimum absolute atomic E-state index is 0.962. The van der Waals surface area contributed by atoms with Gasteiger partial charge in [0.2, 0.25) is 0 Å². The van der Waals surface area contributed by atoms with Crippen molar-refractivity contribution in [3.63, 3.8) is 0 Å². The van der Waals surface area contributed by atoms with Gasteiger partial charge in [0.05, 0.1) is 17.6 Å². The summed E-state index contributed by atoms with van der Waals surface area (Å²) in [6.45, 7) is 1.98. The Morgan fingerprint density at radius 1 is 1.12 bits per heavy atom. The highest BCUT2D eigenvalue weighted by Crippen LogP contribution is 2.28. The Balaban J connectivity index is 2.14. The first-order valence-electron chi connectivity index (χ1n) is 6.10. The van der Waals surface area contributed by atoms with E-state index in [0.717, 1.165) is 24.2 Å². The smallest absolute Gasteiger partial charge is 0.0892 e. The molecule has 2 heterocycles. The van der Waals surface area contributed by atoms with Crippen molar-refractivity contribution in [2.24, 2.45) is 0 Å². The Morgan fingerprint density at radius 2 is 2.00 bits per heavy atom. The lowest BCUT2D eigenvalue weighted by atomic mass is 9.91. The highest BCUT2D eigenvalue weighted by atomic mass is 14.8. The highest BCUT2D eigenvalue weighted by Gasteiger charge is 2.15. The number of nitrogens with zero attached hydrogens (tertiary/aromatic N) is 3. The summed E-state index contributed by atoms with van der Waals surface area (Å²) in [6, 6.07) is 2.06. The fourth-order valence-corrected chi connectivity index (χ4v) is 2.46. The number of fused-ring (bicyclic) bond motifs is 1. The molecule has 0 atom stereocenters. The summed E-state index contributed by atoms with van der Waals surface area (Å²) < 4.78 is 0. The average molecular weight is 225 g/mol. The van der Waals surface area contributed by atoms with Crippen LogP contribution in [-0.4, -0.2) is 15.0 Å². The molecule has 86 valence electrons. The summed E-state index contributed by atoms with van der Waals surface area (Å²) in [5.74, 6) is 0. The van der Waals surface area contributed by atoms with Gasteiger partial charge in [-0.15, -0.1) is 0 Å². The molecule has 0 saturated heterocycles. The number of aromatic nitrogens is 3.